The van der Waals surface area contributed by atoms with E-state index in [0.29, 0.717) is 53.0 Å². The van der Waals surface area contributed by atoms with Gasteiger partial charge in [0.1, 0.15) is 12.1 Å². The lowest BCUT2D eigenvalue weighted by molar-refractivity contribution is -0.109. The molecule has 2 unspecified atom stereocenters. The molecule has 1 aromatic carbocycles. The average molecular weight is 466 g/mol. The van der Waals surface area contributed by atoms with Gasteiger partial charge in [0, 0.05) is 41.6 Å². The minimum atomic E-state index is -0.407. The highest BCUT2D eigenvalue weighted by Crippen LogP contribution is 2.44. The number of benzene rings is 1. The molecule has 2 aliphatic rings. The number of hydrogen-bond donors (Lipinski definition) is 1. The first-order valence-electron chi connectivity index (χ1n) is 12.0. The number of ether oxygens (including phenoxy) is 1. The minimum Gasteiger partial charge on any atom is -0.380 e. The van der Waals surface area contributed by atoms with Crippen molar-refractivity contribution in [3.05, 3.63) is 61.7 Å². The molecule has 3 aromatic rings. The Morgan fingerprint density at radius 3 is 2.71 bits per heavy atom. The van der Waals surface area contributed by atoms with Gasteiger partial charge < -0.3 is 19.8 Å². The molecular formula is C27H32FN3O3. The summed E-state index contributed by atoms with van der Waals surface area (Å²) in [7, 11) is 1.54. The summed E-state index contributed by atoms with van der Waals surface area (Å²) < 4.78 is 21.7. The van der Waals surface area contributed by atoms with E-state index < -0.39 is 5.92 Å². The summed E-state index contributed by atoms with van der Waals surface area (Å²) in [5.74, 6) is -0.685. The van der Waals surface area contributed by atoms with Crippen LogP contribution in [0.4, 0.5) is 4.39 Å². The van der Waals surface area contributed by atoms with Crippen LogP contribution in [-0.4, -0.2) is 22.9 Å². The molecule has 5 rings (SSSR count). The highest BCUT2D eigenvalue weighted by atomic mass is 19.1. The number of methoxy groups -OCH3 is 1. The van der Waals surface area contributed by atoms with E-state index in [1.54, 1.807) is 11.5 Å². The second-order valence-corrected chi connectivity index (χ2v) is 8.79. The Morgan fingerprint density at radius 2 is 2.06 bits per heavy atom. The average Bonchev–Trinajstić information content (AvgIpc) is 3.21. The van der Waals surface area contributed by atoms with Crippen LogP contribution in [0.25, 0.3) is 22.3 Å². The van der Waals surface area contributed by atoms with E-state index in [1.807, 2.05) is 26.8 Å². The predicted octanol–water partition coefficient (Wildman–Crippen LogP) is 4.68. The predicted molar refractivity (Wildman–Crippen MR) is 132 cm³/mol. The third-order valence-electron chi connectivity index (χ3n) is 7.11. The van der Waals surface area contributed by atoms with E-state index in [-0.39, 0.29) is 24.0 Å². The third kappa shape index (κ3) is 3.49. The molecule has 34 heavy (non-hydrogen) atoms. The normalized spacial score (nSPS) is 16.5. The summed E-state index contributed by atoms with van der Waals surface area (Å²) >= 11 is 0. The van der Waals surface area contributed by atoms with Crippen LogP contribution in [0.3, 0.4) is 0 Å². The summed E-state index contributed by atoms with van der Waals surface area (Å²) in [6.07, 6.45) is 2.88. The fourth-order valence-corrected chi connectivity index (χ4v) is 5.41. The first-order chi connectivity index (χ1) is 16.4. The van der Waals surface area contributed by atoms with E-state index in [1.165, 1.54) is 13.2 Å². The van der Waals surface area contributed by atoms with Gasteiger partial charge in [-0.25, -0.2) is 9.37 Å². The van der Waals surface area contributed by atoms with Crippen LogP contribution >= 0.6 is 0 Å². The minimum absolute atomic E-state index is 0.130. The van der Waals surface area contributed by atoms with Gasteiger partial charge in [0.05, 0.1) is 30.1 Å². The number of nitrogens with zero attached hydrogens (tertiary/aromatic N) is 2. The van der Waals surface area contributed by atoms with Gasteiger partial charge in [-0.3, -0.25) is 4.79 Å². The maximum absolute atomic E-state index is 14.7. The van der Waals surface area contributed by atoms with E-state index in [0.717, 1.165) is 34.8 Å². The molecule has 0 bridgehead atoms. The molecule has 0 spiro atoms. The summed E-state index contributed by atoms with van der Waals surface area (Å²) in [6, 6.07) is 3.15. The van der Waals surface area contributed by atoms with Gasteiger partial charge in [0.2, 0.25) is 0 Å². The number of rotatable bonds is 5. The Balaban J connectivity index is 0.00000133. The maximum atomic E-state index is 14.7. The van der Waals surface area contributed by atoms with E-state index >= 15 is 0 Å². The topological polar surface area (TPSA) is 87.2 Å². The second kappa shape index (κ2) is 9.39. The Bertz CT molecular complexity index is 1350. The van der Waals surface area contributed by atoms with Crippen molar-refractivity contribution < 1.29 is 13.9 Å². The molecular weight excluding hydrogens is 433 g/mol. The van der Waals surface area contributed by atoms with Gasteiger partial charge in [-0.05, 0) is 54.5 Å². The van der Waals surface area contributed by atoms with Crippen LogP contribution in [-0.2, 0) is 29.1 Å². The van der Waals surface area contributed by atoms with E-state index in [2.05, 4.69) is 0 Å². The third-order valence-corrected chi connectivity index (χ3v) is 7.11. The van der Waals surface area contributed by atoms with Crippen LogP contribution in [0.2, 0.25) is 0 Å². The fraction of sp³-hybridized carbons (Fsp3) is 0.444. The number of aldehydes is 1. The number of fused-ring (bicyclic) bond motifs is 4. The highest BCUT2D eigenvalue weighted by Gasteiger charge is 2.33. The van der Waals surface area contributed by atoms with Crippen molar-refractivity contribution in [1.29, 1.82) is 0 Å². The zero-order valence-electron chi connectivity index (χ0n) is 20.5. The number of aromatic nitrogens is 2. The van der Waals surface area contributed by atoms with Gasteiger partial charge in [-0.2, -0.15) is 0 Å². The van der Waals surface area contributed by atoms with Gasteiger partial charge in [-0.1, -0.05) is 20.8 Å². The van der Waals surface area contributed by atoms with Gasteiger partial charge >= 0.3 is 0 Å². The molecule has 0 saturated carbocycles. The molecule has 2 N–H and O–H groups in total. The van der Waals surface area contributed by atoms with Gasteiger partial charge in [0.25, 0.3) is 5.56 Å². The van der Waals surface area contributed by atoms with Gasteiger partial charge in [-0.15, -0.1) is 0 Å². The lowest BCUT2D eigenvalue weighted by Gasteiger charge is -2.26. The molecule has 3 heterocycles. The molecule has 0 fully saturated rings. The number of aryl methyl sites for hydroxylation is 1. The summed E-state index contributed by atoms with van der Waals surface area (Å²) in [6.45, 7) is 8.20. The Labute approximate surface area is 198 Å². The standard InChI is InChI=1S/C25H26FN3O3.C2H6/c1-4-13(10-30)15-7-21-24-16(9-29(21)25(31)17(15)11-32-3)22-19(27)6-5-14-12(2)18(26)8-20(28-24)23(14)22;1-2/h7-8,10,13,19H,4-6,9,11,27H2,1-3H3;1-2H3. The van der Waals surface area contributed by atoms with Crippen molar-refractivity contribution in [3.8, 4) is 11.4 Å². The van der Waals surface area contributed by atoms with Crippen molar-refractivity contribution in [3.63, 3.8) is 0 Å². The largest absolute Gasteiger partial charge is 0.380 e. The second-order valence-electron chi connectivity index (χ2n) is 8.79. The quantitative estimate of drug-likeness (QED) is 0.432. The van der Waals surface area contributed by atoms with Crippen LogP contribution in [0.1, 0.15) is 79.0 Å². The number of pyridine rings is 2. The summed E-state index contributed by atoms with van der Waals surface area (Å²) in [5, 5.41) is 0.930. The maximum Gasteiger partial charge on any atom is 0.257 e. The number of nitrogens with two attached hydrogens (primary N) is 1. The summed E-state index contributed by atoms with van der Waals surface area (Å²) in [4.78, 5) is 30.1. The molecule has 1 aliphatic carbocycles. The van der Waals surface area contributed by atoms with Crippen molar-refractivity contribution >= 4 is 17.2 Å². The monoisotopic (exact) mass is 465 g/mol. The molecule has 180 valence electrons. The van der Waals surface area contributed by atoms with Crippen LogP contribution in [0, 0.1) is 12.7 Å². The molecule has 1 aliphatic heterocycles. The zero-order valence-corrected chi connectivity index (χ0v) is 20.5. The van der Waals surface area contributed by atoms with Crippen LogP contribution in [0.15, 0.2) is 16.9 Å². The SMILES string of the molecule is CC.CCC(C=O)c1cc2n(c(=O)c1COC)Cc1c-2nc2cc(F)c(C)c3c2c1C(N)CC3. The first-order valence-corrected chi connectivity index (χ1v) is 12.0. The number of hydrogen-bond acceptors (Lipinski definition) is 5. The fourth-order valence-electron chi connectivity index (χ4n) is 5.41. The molecule has 0 amide bonds. The number of carbonyl (C=O) groups is 1. The van der Waals surface area contributed by atoms with Crippen molar-refractivity contribution in [2.75, 3.05) is 7.11 Å². The smallest absolute Gasteiger partial charge is 0.257 e. The lowest BCUT2D eigenvalue weighted by Crippen LogP contribution is -2.26. The molecule has 6 nitrogen and oxygen atoms in total. The molecule has 2 atom stereocenters. The molecule has 7 heteroatoms. The number of halogens is 1. The summed E-state index contributed by atoms with van der Waals surface area (Å²) in [5.41, 5.74) is 12.9. The molecule has 0 saturated heterocycles. The zero-order chi connectivity index (χ0) is 24.7. The van der Waals surface area contributed by atoms with E-state index in [9.17, 15) is 14.0 Å². The van der Waals surface area contributed by atoms with Crippen LogP contribution < -0.4 is 11.3 Å². The lowest BCUT2D eigenvalue weighted by atomic mass is 9.82. The molecule has 0 radical (unpaired) electrons. The van der Waals surface area contributed by atoms with E-state index in [4.69, 9.17) is 15.5 Å². The van der Waals surface area contributed by atoms with Crippen molar-refractivity contribution in [2.45, 2.75) is 72.1 Å². The first kappa shape index (κ1) is 24.2. The highest BCUT2D eigenvalue weighted by molar-refractivity contribution is 5.93. The van der Waals surface area contributed by atoms with Crippen molar-refractivity contribution in [1.82, 2.24) is 9.55 Å². The van der Waals surface area contributed by atoms with Crippen LogP contribution in [0.5, 0.6) is 0 Å². The van der Waals surface area contributed by atoms with Crippen molar-refractivity contribution in [2.24, 2.45) is 5.73 Å². The van der Waals surface area contributed by atoms with Gasteiger partial charge in [0.15, 0.2) is 0 Å². The Kier molecular flexibility index (Phi) is 6.69. The number of carbonyl (C=O) groups excluding carboxylic acids is 1. The Hall–Kier alpha value is -2.90. The molecule has 2 aromatic heterocycles. The Morgan fingerprint density at radius 1 is 1.32 bits per heavy atom.